The first kappa shape index (κ1) is 25.0. The van der Waals surface area contributed by atoms with Crippen LogP contribution >= 0.6 is 0 Å². The summed E-state index contributed by atoms with van der Waals surface area (Å²) >= 11 is 0. The fourth-order valence-corrected chi connectivity index (χ4v) is 4.59. The Kier molecular flexibility index (Phi) is 6.88. The Balaban J connectivity index is 1.87. The molecule has 1 aliphatic heterocycles. The van der Waals surface area contributed by atoms with Crippen molar-refractivity contribution in [3.05, 3.63) is 101 Å². The van der Waals surface area contributed by atoms with Gasteiger partial charge in [-0.3, -0.25) is 9.59 Å². The van der Waals surface area contributed by atoms with Crippen molar-refractivity contribution >= 4 is 17.4 Å². The fourth-order valence-electron chi connectivity index (χ4n) is 4.59. The number of aliphatic hydroxyl groups excluding tert-OH is 1. The average molecular weight is 486 g/mol. The zero-order chi connectivity index (χ0) is 26.0. The standard InChI is InChI=1S/C30H31NO5/c1-30(2,3)23-17-21(14-15-24(23)36-5)27(32)25-26(20-11-7-6-8-12-20)31(29(34)28(25)33)18-19-10-9-13-22(16-19)35-4/h6-17,26,32H,18H2,1-5H3/b27-25-. The van der Waals surface area contributed by atoms with Crippen LogP contribution in [0.1, 0.15) is 49.1 Å². The lowest BCUT2D eigenvalue weighted by molar-refractivity contribution is -0.140. The van der Waals surface area contributed by atoms with Crippen LogP contribution in [-0.2, 0) is 21.5 Å². The Morgan fingerprint density at radius 2 is 1.64 bits per heavy atom. The summed E-state index contributed by atoms with van der Waals surface area (Å²) in [5.41, 5.74) is 2.71. The third-order valence-corrected chi connectivity index (χ3v) is 6.42. The Hall–Kier alpha value is -4.06. The van der Waals surface area contributed by atoms with Crippen LogP contribution < -0.4 is 9.47 Å². The second kappa shape index (κ2) is 9.90. The van der Waals surface area contributed by atoms with Crippen molar-refractivity contribution in [2.75, 3.05) is 14.2 Å². The Morgan fingerprint density at radius 1 is 0.917 bits per heavy atom. The molecular formula is C30H31NO5. The fraction of sp³-hybridized carbons (Fsp3) is 0.267. The van der Waals surface area contributed by atoms with Crippen molar-refractivity contribution in [1.29, 1.82) is 0 Å². The van der Waals surface area contributed by atoms with Crippen molar-refractivity contribution in [1.82, 2.24) is 4.90 Å². The molecule has 1 atom stereocenters. The number of hydrogen-bond acceptors (Lipinski definition) is 5. The molecule has 4 rings (SSSR count). The van der Waals surface area contributed by atoms with Crippen molar-refractivity contribution in [3.8, 4) is 11.5 Å². The zero-order valence-electron chi connectivity index (χ0n) is 21.2. The highest BCUT2D eigenvalue weighted by atomic mass is 16.5. The molecule has 0 spiro atoms. The first-order valence-electron chi connectivity index (χ1n) is 11.8. The molecule has 1 heterocycles. The summed E-state index contributed by atoms with van der Waals surface area (Å²) in [4.78, 5) is 28.2. The van der Waals surface area contributed by atoms with Crippen LogP contribution in [0, 0.1) is 0 Å². The van der Waals surface area contributed by atoms with Gasteiger partial charge in [0.05, 0.1) is 25.8 Å². The molecule has 3 aromatic rings. The van der Waals surface area contributed by atoms with E-state index in [9.17, 15) is 14.7 Å². The lowest BCUT2D eigenvalue weighted by atomic mass is 9.84. The monoisotopic (exact) mass is 485 g/mol. The molecule has 0 aliphatic carbocycles. The van der Waals surface area contributed by atoms with Gasteiger partial charge in [0.1, 0.15) is 17.3 Å². The molecule has 0 aromatic heterocycles. The third-order valence-electron chi connectivity index (χ3n) is 6.42. The number of rotatable bonds is 6. The Bertz CT molecular complexity index is 1320. The van der Waals surface area contributed by atoms with E-state index in [1.165, 1.54) is 4.90 Å². The SMILES string of the molecule is COc1cccc(CN2C(=O)C(=O)/C(=C(\O)c3ccc(OC)c(C(C)(C)C)c3)C2c2ccccc2)c1. The smallest absolute Gasteiger partial charge is 0.295 e. The van der Waals surface area contributed by atoms with E-state index < -0.39 is 17.7 Å². The molecule has 0 bridgehead atoms. The first-order chi connectivity index (χ1) is 17.2. The summed E-state index contributed by atoms with van der Waals surface area (Å²) < 4.78 is 10.8. The summed E-state index contributed by atoms with van der Waals surface area (Å²) in [5, 5.41) is 11.5. The van der Waals surface area contributed by atoms with E-state index in [0.29, 0.717) is 17.1 Å². The topological polar surface area (TPSA) is 76.1 Å². The largest absolute Gasteiger partial charge is 0.507 e. The number of ketones is 1. The van der Waals surface area contributed by atoms with Crippen LogP contribution in [-0.4, -0.2) is 35.9 Å². The number of Topliss-reactive ketones (excluding diaryl/α,β-unsaturated/α-hetero) is 1. The van der Waals surface area contributed by atoms with E-state index in [2.05, 4.69) is 0 Å². The van der Waals surface area contributed by atoms with Gasteiger partial charge in [0.25, 0.3) is 11.7 Å². The molecule has 1 unspecified atom stereocenters. The van der Waals surface area contributed by atoms with Gasteiger partial charge >= 0.3 is 0 Å². The van der Waals surface area contributed by atoms with E-state index >= 15 is 0 Å². The van der Waals surface area contributed by atoms with Gasteiger partial charge in [0.15, 0.2) is 0 Å². The molecule has 0 saturated carbocycles. The molecule has 36 heavy (non-hydrogen) atoms. The summed E-state index contributed by atoms with van der Waals surface area (Å²) in [7, 11) is 3.18. The molecule has 6 nitrogen and oxygen atoms in total. The molecule has 6 heteroatoms. The van der Waals surface area contributed by atoms with Gasteiger partial charge in [0.2, 0.25) is 0 Å². The number of methoxy groups -OCH3 is 2. The number of carbonyl (C=O) groups excluding carboxylic acids is 2. The number of likely N-dealkylation sites (tertiary alicyclic amines) is 1. The number of benzene rings is 3. The summed E-state index contributed by atoms with van der Waals surface area (Å²) in [6.45, 7) is 6.33. The van der Waals surface area contributed by atoms with E-state index in [1.807, 2.05) is 81.4 Å². The van der Waals surface area contributed by atoms with Gasteiger partial charge in [0, 0.05) is 17.7 Å². The van der Waals surface area contributed by atoms with Crippen LogP contribution in [0.5, 0.6) is 11.5 Å². The third kappa shape index (κ3) is 4.71. The van der Waals surface area contributed by atoms with Gasteiger partial charge in [-0.15, -0.1) is 0 Å². The summed E-state index contributed by atoms with van der Waals surface area (Å²) in [5.74, 6) is -0.218. The maximum atomic E-state index is 13.4. The summed E-state index contributed by atoms with van der Waals surface area (Å²) in [6, 6.07) is 21.2. The number of carbonyl (C=O) groups is 2. The van der Waals surface area contributed by atoms with Crippen molar-refractivity contribution in [2.45, 2.75) is 38.8 Å². The molecule has 186 valence electrons. The van der Waals surface area contributed by atoms with Gasteiger partial charge < -0.3 is 19.5 Å². The predicted octanol–water partition coefficient (Wildman–Crippen LogP) is 5.62. The molecule has 1 saturated heterocycles. The molecule has 1 aliphatic rings. The van der Waals surface area contributed by atoms with Crippen LogP contribution in [0.25, 0.3) is 5.76 Å². The average Bonchev–Trinajstić information content (AvgIpc) is 3.13. The van der Waals surface area contributed by atoms with Crippen LogP contribution in [0.3, 0.4) is 0 Å². The number of aliphatic hydroxyl groups is 1. The maximum Gasteiger partial charge on any atom is 0.295 e. The Morgan fingerprint density at radius 3 is 2.28 bits per heavy atom. The molecule has 1 N–H and O–H groups in total. The van der Waals surface area contributed by atoms with E-state index in [-0.39, 0.29) is 23.3 Å². The predicted molar refractivity (Wildman–Crippen MR) is 139 cm³/mol. The van der Waals surface area contributed by atoms with Crippen molar-refractivity contribution in [3.63, 3.8) is 0 Å². The van der Waals surface area contributed by atoms with E-state index in [1.54, 1.807) is 26.4 Å². The van der Waals surface area contributed by atoms with Crippen LogP contribution in [0.2, 0.25) is 0 Å². The zero-order valence-corrected chi connectivity index (χ0v) is 21.2. The quantitative estimate of drug-likeness (QED) is 0.278. The van der Waals surface area contributed by atoms with Gasteiger partial charge in [-0.2, -0.15) is 0 Å². The van der Waals surface area contributed by atoms with E-state index in [0.717, 1.165) is 16.7 Å². The Labute approximate surface area is 211 Å². The van der Waals surface area contributed by atoms with Gasteiger partial charge in [-0.25, -0.2) is 0 Å². The molecule has 3 aromatic carbocycles. The number of amides is 1. The minimum absolute atomic E-state index is 0.0686. The van der Waals surface area contributed by atoms with E-state index in [4.69, 9.17) is 9.47 Å². The molecule has 1 amide bonds. The number of hydrogen-bond donors (Lipinski definition) is 1. The summed E-state index contributed by atoms with van der Waals surface area (Å²) in [6.07, 6.45) is 0. The van der Waals surface area contributed by atoms with Crippen molar-refractivity contribution in [2.24, 2.45) is 0 Å². The van der Waals surface area contributed by atoms with Crippen LogP contribution in [0.15, 0.2) is 78.4 Å². The normalized spacial score (nSPS) is 17.4. The number of ether oxygens (including phenoxy) is 2. The lowest BCUT2D eigenvalue weighted by Crippen LogP contribution is -2.29. The van der Waals surface area contributed by atoms with Crippen molar-refractivity contribution < 1.29 is 24.2 Å². The second-order valence-electron chi connectivity index (χ2n) is 9.85. The number of nitrogens with zero attached hydrogens (tertiary/aromatic N) is 1. The highest BCUT2D eigenvalue weighted by Crippen LogP contribution is 2.41. The minimum atomic E-state index is -0.738. The molecule has 1 fully saturated rings. The molecular weight excluding hydrogens is 454 g/mol. The highest BCUT2D eigenvalue weighted by molar-refractivity contribution is 6.46. The van der Waals surface area contributed by atoms with Gasteiger partial charge in [-0.05, 0) is 46.9 Å². The second-order valence-corrected chi connectivity index (χ2v) is 9.85. The van der Waals surface area contributed by atoms with Gasteiger partial charge in [-0.1, -0.05) is 63.2 Å². The maximum absolute atomic E-state index is 13.4. The lowest BCUT2D eigenvalue weighted by Gasteiger charge is -2.26. The molecule has 0 radical (unpaired) electrons. The minimum Gasteiger partial charge on any atom is -0.507 e. The van der Waals surface area contributed by atoms with Crippen LogP contribution in [0.4, 0.5) is 0 Å². The first-order valence-corrected chi connectivity index (χ1v) is 11.8. The highest BCUT2D eigenvalue weighted by Gasteiger charge is 2.46.